The molecule has 1 atom stereocenters. The lowest BCUT2D eigenvalue weighted by atomic mass is 9.97. The standard InChI is InChI=1S/C26H33F2N7/c1-3-20-17-34(26-18(2)31-25(15-29-26)24-6-9-30-32-24)12-13-35(20)21-7-10-33(11-8-21)16-19-4-5-22(27)23(28)14-19/h4-5,9,14-15,20-21H,3,6-8,10-13,16-17H2,1-2H3/t20-/m0/s1. The van der Waals surface area contributed by atoms with Gasteiger partial charge in [0.2, 0.25) is 0 Å². The molecule has 0 spiro atoms. The predicted molar refractivity (Wildman–Crippen MR) is 134 cm³/mol. The van der Waals surface area contributed by atoms with Crippen molar-refractivity contribution in [2.75, 3.05) is 37.6 Å². The molecule has 2 fully saturated rings. The Morgan fingerprint density at radius 3 is 2.57 bits per heavy atom. The van der Waals surface area contributed by atoms with Gasteiger partial charge in [-0.2, -0.15) is 10.2 Å². The third-order valence-electron chi connectivity index (χ3n) is 7.48. The molecule has 0 radical (unpaired) electrons. The summed E-state index contributed by atoms with van der Waals surface area (Å²) in [4.78, 5) is 16.9. The highest BCUT2D eigenvalue weighted by Crippen LogP contribution is 2.27. The topological polar surface area (TPSA) is 60.2 Å². The highest BCUT2D eigenvalue weighted by Gasteiger charge is 2.34. The van der Waals surface area contributed by atoms with Crippen molar-refractivity contribution in [3.05, 3.63) is 53.0 Å². The Morgan fingerprint density at radius 2 is 1.89 bits per heavy atom. The number of anilines is 1. The van der Waals surface area contributed by atoms with E-state index in [4.69, 9.17) is 9.97 Å². The Morgan fingerprint density at radius 1 is 1.06 bits per heavy atom. The fourth-order valence-corrected chi connectivity index (χ4v) is 5.57. The lowest BCUT2D eigenvalue weighted by molar-refractivity contribution is 0.0610. The van der Waals surface area contributed by atoms with E-state index in [0.29, 0.717) is 25.0 Å². The van der Waals surface area contributed by atoms with Gasteiger partial charge in [0.05, 0.1) is 17.6 Å². The maximum absolute atomic E-state index is 13.6. The van der Waals surface area contributed by atoms with Crippen LogP contribution in [0.25, 0.3) is 0 Å². The third-order valence-corrected chi connectivity index (χ3v) is 7.48. The summed E-state index contributed by atoms with van der Waals surface area (Å²) in [5.41, 5.74) is 3.45. The van der Waals surface area contributed by atoms with Crippen molar-refractivity contribution >= 4 is 17.7 Å². The van der Waals surface area contributed by atoms with E-state index in [-0.39, 0.29) is 0 Å². The van der Waals surface area contributed by atoms with Crippen LogP contribution >= 0.6 is 0 Å². The number of rotatable bonds is 6. The van der Waals surface area contributed by atoms with Crippen molar-refractivity contribution in [3.8, 4) is 0 Å². The molecule has 3 aliphatic rings. The molecule has 0 N–H and O–H groups in total. The van der Waals surface area contributed by atoms with Crippen molar-refractivity contribution in [3.63, 3.8) is 0 Å². The van der Waals surface area contributed by atoms with Crippen LogP contribution in [0.3, 0.4) is 0 Å². The molecule has 0 unspecified atom stereocenters. The summed E-state index contributed by atoms with van der Waals surface area (Å²) < 4.78 is 26.8. The summed E-state index contributed by atoms with van der Waals surface area (Å²) in [6, 6.07) is 5.25. The zero-order valence-electron chi connectivity index (χ0n) is 20.5. The number of piperidine rings is 1. The van der Waals surface area contributed by atoms with Crippen LogP contribution in [0.15, 0.2) is 34.6 Å². The number of piperazine rings is 1. The Balaban J connectivity index is 1.17. The lowest BCUT2D eigenvalue weighted by Gasteiger charge is -2.47. The molecule has 0 aliphatic carbocycles. The zero-order valence-corrected chi connectivity index (χ0v) is 20.5. The van der Waals surface area contributed by atoms with Gasteiger partial charge in [-0.25, -0.2) is 18.7 Å². The van der Waals surface area contributed by atoms with Crippen LogP contribution in [0.1, 0.15) is 49.6 Å². The van der Waals surface area contributed by atoms with Gasteiger partial charge >= 0.3 is 0 Å². The quantitative estimate of drug-likeness (QED) is 0.628. The molecule has 0 amide bonds. The summed E-state index contributed by atoms with van der Waals surface area (Å²) in [6.45, 7) is 9.80. The highest BCUT2D eigenvalue weighted by atomic mass is 19.2. The highest BCUT2D eigenvalue weighted by molar-refractivity contribution is 6.08. The van der Waals surface area contributed by atoms with E-state index in [9.17, 15) is 8.78 Å². The van der Waals surface area contributed by atoms with Crippen LogP contribution in [-0.4, -0.2) is 76.5 Å². The second-order valence-electron chi connectivity index (χ2n) is 9.71. The molecular formula is C26H33F2N7. The number of hydrogen-bond acceptors (Lipinski definition) is 7. The van der Waals surface area contributed by atoms with Gasteiger partial charge < -0.3 is 4.90 Å². The number of halogens is 2. The SMILES string of the molecule is CC[C@H]1CN(c2ncc(C3=NN=CC3)nc2C)CCN1C1CCN(Cc2ccc(F)c(F)c2)CC1. The van der Waals surface area contributed by atoms with Gasteiger partial charge in [0.25, 0.3) is 0 Å². The van der Waals surface area contributed by atoms with Gasteiger partial charge in [0, 0.05) is 50.9 Å². The maximum atomic E-state index is 13.6. The van der Waals surface area contributed by atoms with Gasteiger partial charge in [0.15, 0.2) is 11.6 Å². The molecule has 5 rings (SSSR count). The van der Waals surface area contributed by atoms with Crippen LogP contribution in [0.2, 0.25) is 0 Å². The molecule has 1 aromatic carbocycles. The summed E-state index contributed by atoms with van der Waals surface area (Å²) in [7, 11) is 0. The first-order valence-electron chi connectivity index (χ1n) is 12.6. The van der Waals surface area contributed by atoms with Crippen LogP contribution in [0, 0.1) is 18.6 Å². The number of aryl methyl sites for hydroxylation is 1. The molecule has 0 saturated carbocycles. The van der Waals surface area contributed by atoms with E-state index in [1.165, 1.54) is 12.1 Å². The van der Waals surface area contributed by atoms with E-state index >= 15 is 0 Å². The summed E-state index contributed by atoms with van der Waals surface area (Å²) >= 11 is 0. The summed E-state index contributed by atoms with van der Waals surface area (Å²) in [5.74, 6) is -0.586. The predicted octanol–water partition coefficient (Wildman–Crippen LogP) is 3.81. The number of nitrogens with zero attached hydrogens (tertiary/aromatic N) is 7. The fourth-order valence-electron chi connectivity index (χ4n) is 5.57. The van der Waals surface area contributed by atoms with E-state index in [0.717, 1.165) is 80.5 Å². The third kappa shape index (κ3) is 5.26. The Hall–Kier alpha value is -2.78. The zero-order chi connectivity index (χ0) is 24.4. The van der Waals surface area contributed by atoms with Gasteiger partial charge in [-0.3, -0.25) is 9.80 Å². The van der Waals surface area contributed by atoms with Gasteiger partial charge in [0.1, 0.15) is 11.5 Å². The van der Waals surface area contributed by atoms with Crippen molar-refractivity contribution in [1.29, 1.82) is 0 Å². The van der Waals surface area contributed by atoms with E-state index in [2.05, 4.69) is 31.8 Å². The molecule has 3 aliphatic heterocycles. The minimum Gasteiger partial charge on any atom is -0.352 e. The van der Waals surface area contributed by atoms with Crippen molar-refractivity contribution in [2.24, 2.45) is 10.2 Å². The minimum atomic E-state index is -0.785. The molecule has 2 saturated heterocycles. The summed E-state index contributed by atoms with van der Waals surface area (Å²) in [6.07, 6.45) is 7.61. The molecule has 1 aromatic heterocycles. The molecule has 2 aromatic rings. The molecular weight excluding hydrogens is 448 g/mol. The van der Waals surface area contributed by atoms with Gasteiger partial charge in [-0.05, 0) is 57.0 Å². The normalized spacial score (nSPS) is 22.1. The number of benzene rings is 1. The molecule has 35 heavy (non-hydrogen) atoms. The Bertz CT molecular complexity index is 1110. The van der Waals surface area contributed by atoms with Gasteiger partial charge in [-0.1, -0.05) is 13.0 Å². The average Bonchev–Trinajstić information content (AvgIpc) is 3.42. The molecule has 9 heteroatoms. The Kier molecular flexibility index (Phi) is 7.15. The van der Waals surface area contributed by atoms with Gasteiger partial charge in [-0.15, -0.1) is 0 Å². The fraction of sp³-hybridized carbons (Fsp3) is 0.538. The molecule has 0 bridgehead atoms. The van der Waals surface area contributed by atoms with E-state index in [1.54, 1.807) is 12.3 Å². The first-order valence-corrected chi connectivity index (χ1v) is 12.6. The van der Waals surface area contributed by atoms with Crippen LogP contribution < -0.4 is 4.90 Å². The number of hydrogen-bond donors (Lipinski definition) is 0. The first kappa shape index (κ1) is 23.9. The number of aromatic nitrogens is 2. The Labute approximate surface area is 205 Å². The molecule has 7 nitrogen and oxygen atoms in total. The molecule has 4 heterocycles. The van der Waals surface area contributed by atoms with Crippen molar-refractivity contribution in [1.82, 2.24) is 19.8 Å². The maximum Gasteiger partial charge on any atom is 0.159 e. The smallest absolute Gasteiger partial charge is 0.159 e. The van der Waals surface area contributed by atoms with E-state index < -0.39 is 11.6 Å². The lowest BCUT2D eigenvalue weighted by Crippen LogP contribution is -2.58. The number of likely N-dealkylation sites (tertiary alicyclic amines) is 1. The average molecular weight is 482 g/mol. The minimum absolute atomic E-state index is 0.472. The molecule has 186 valence electrons. The monoisotopic (exact) mass is 481 g/mol. The van der Waals surface area contributed by atoms with Crippen LogP contribution in [-0.2, 0) is 6.54 Å². The first-order chi connectivity index (χ1) is 17.0. The largest absolute Gasteiger partial charge is 0.352 e. The van der Waals surface area contributed by atoms with Crippen molar-refractivity contribution in [2.45, 2.75) is 58.2 Å². The van der Waals surface area contributed by atoms with Crippen LogP contribution in [0.5, 0.6) is 0 Å². The van der Waals surface area contributed by atoms with Crippen LogP contribution in [0.4, 0.5) is 14.6 Å². The van der Waals surface area contributed by atoms with Crippen molar-refractivity contribution < 1.29 is 8.78 Å². The summed E-state index contributed by atoms with van der Waals surface area (Å²) in [5, 5.41) is 8.08. The van der Waals surface area contributed by atoms with E-state index in [1.807, 2.05) is 13.1 Å². The second-order valence-corrected chi connectivity index (χ2v) is 9.71. The second kappa shape index (κ2) is 10.5.